The standard InChI is InChI=1S/C15H20N2S2/c1-4-12-5-7-13(8-6-12)14(16)11(3)19-15-17-10(2)9-18-15/h5-9,11,14H,4,16H2,1-3H3. The number of thiazole rings is 1. The summed E-state index contributed by atoms with van der Waals surface area (Å²) in [4.78, 5) is 4.48. The maximum Gasteiger partial charge on any atom is 0.150 e. The van der Waals surface area contributed by atoms with E-state index in [0.717, 1.165) is 16.5 Å². The molecule has 2 unspecified atom stereocenters. The van der Waals surface area contributed by atoms with Gasteiger partial charge in [0.1, 0.15) is 4.34 Å². The summed E-state index contributed by atoms with van der Waals surface area (Å²) in [6.45, 7) is 6.35. The molecule has 0 saturated heterocycles. The summed E-state index contributed by atoms with van der Waals surface area (Å²) in [6, 6.07) is 8.67. The summed E-state index contributed by atoms with van der Waals surface area (Å²) in [5.74, 6) is 0. The van der Waals surface area contributed by atoms with E-state index in [0.29, 0.717) is 5.25 Å². The van der Waals surface area contributed by atoms with Crippen LogP contribution in [0.25, 0.3) is 0 Å². The lowest BCUT2D eigenvalue weighted by Crippen LogP contribution is -2.21. The number of aromatic nitrogens is 1. The fraction of sp³-hybridized carbons (Fsp3) is 0.400. The van der Waals surface area contributed by atoms with Gasteiger partial charge in [-0.25, -0.2) is 4.98 Å². The van der Waals surface area contributed by atoms with E-state index >= 15 is 0 Å². The van der Waals surface area contributed by atoms with E-state index in [1.54, 1.807) is 23.1 Å². The molecule has 102 valence electrons. The number of rotatable bonds is 5. The molecule has 0 fully saturated rings. The average molecular weight is 292 g/mol. The van der Waals surface area contributed by atoms with Crippen molar-refractivity contribution in [2.75, 3.05) is 0 Å². The van der Waals surface area contributed by atoms with Crippen LogP contribution in [0.3, 0.4) is 0 Å². The minimum Gasteiger partial charge on any atom is -0.323 e. The zero-order chi connectivity index (χ0) is 13.8. The molecule has 2 atom stereocenters. The number of benzene rings is 1. The first-order chi connectivity index (χ1) is 9.10. The van der Waals surface area contributed by atoms with Crippen LogP contribution in [0.2, 0.25) is 0 Å². The molecule has 19 heavy (non-hydrogen) atoms. The maximum atomic E-state index is 6.34. The smallest absolute Gasteiger partial charge is 0.150 e. The Hall–Kier alpha value is -0.840. The molecule has 2 rings (SSSR count). The Bertz CT molecular complexity index is 519. The highest BCUT2D eigenvalue weighted by Crippen LogP contribution is 2.32. The maximum absolute atomic E-state index is 6.34. The van der Waals surface area contributed by atoms with Gasteiger partial charge in [-0.1, -0.05) is 49.9 Å². The summed E-state index contributed by atoms with van der Waals surface area (Å²) in [6.07, 6.45) is 1.07. The van der Waals surface area contributed by atoms with Crippen molar-refractivity contribution in [2.45, 2.75) is 42.8 Å². The van der Waals surface area contributed by atoms with Gasteiger partial charge < -0.3 is 5.73 Å². The minimum absolute atomic E-state index is 0.0418. The number of nitrogens with two attached hydrogens (primary N) is 1. The Morgan fingerprint density at radius 1 is 1.32 bits per heavy atom. The van der Waals surface area contributed by atoms with E-state index in [1.165, 1.54) is 11.1 Å². The Morgan fingerprint density at radius 2 is 2.00 bits per heavy atom. The van der Waals surface area contributed by atoms with Crippen LogP contribution < -0.4 is 5.73 Å². The Balaban J connectivity index is 2.03. The van der Waals surface area contributed by atoms with Crippen molar-refractivity contribution in [1.82, 2.24) is 4.98 Å². The molecule has 0 radical (unpaired) electrons. The van der Waals surface area contributed by atoms with E-state index in [9.17, 15) is 0 Å². The number of hydrogen-bond acceptors (Lipinski definition) is 4. The normalized spacial score (nSPS) is 14.3. The van der Waals surface area contributed by atoms with Crippen molar-refractivity contribution in [3.8, 4) is 0 Å². The van der Waals surface area contributed by atoms with Crippen LogP contribution in [0.5, 0.6) is 0 Å². The predicted molar refractivity (Wildman–Crippen MR) is 84.9 cm³/mol. The van der Waals surface area contributed by atoms with Gasteiger partial charge in [-0.2, -0.15) is 0 Å². The molecule has 2 N–H and O–H groups in total. The van der Waals surface area contributed by atoms with E-state index in [1.807, 2.05) is 6.92 Å². The topological polar surface area (TPSA) is 38.9 Å². The average Bonchev–Trinajstić information content (AvgIpc) is 2.83. The molecule has 4 heteroatoms. The fourth-order valence-electron chi connectivity index (χ4n) is 1.87. The number of thioether (sulfide) groups is 1. The monoisotopic (exact) mass is 292 g/mol. The van der Waals surface area contributed by atoms with Crippen LogP contribution in [0.15, 0.2) is 34.0 Å². The summed E-state index contributed by atoms with van der Waals surface area (Å²) < 4.78 is 1.10. The second-order valence-electron chi connectivity index (χ2n) is 4.70. The second kappa shape index (κ2) is 6.55. The van der Waals surface area contributed by atoms with Gasteiger partial charge in [0.2, 0.25) is 0 Å². The Kier molecular flexibility index (Phi) is 5.02. The molecule has 1 aromatic heterocycles. The van der Waals surface area contributed by atoms with Gasteiger partial charge in [0, 0.05) is 22.4 Å². The van der Waals surface area contributed by atoms with Crippen molar-refractivity contribution < 1.29 is 0 Å². The van der Waals surface area contributed by atoms with Gasteiger partial charge in [-0.15, -0.1) is 11.3 Å². The van der Waals surface area contributed by atoms with Crippen LogP contribution in [0.1, 0.15) is 36.7 Å². The quantitative estimate of drug-likeness (QED) is 0.840. The molecule has 1 aromatic carbocycles. The van der Waals surface area contributed by atoms with E-state index < -0.39 is 0 Å². The zero-order valence-electron chi connectivity index (χ0n) is 11.6. The third-order valence-electron chi connectivity index (χ3n) is 3.16. The van der Waals surface area contributed by atoms with Gasteiger partial charge in [0.25, 0.3) is 0 Å². The van der Waals surface area contributed by atoms with E-state index in [4.69, 9.17) is 5.73 Å². The first kappa shape index (κ1) is 14.6. The second-order valence-corrected chi connectivity index (χ2v) is 7.18. The summed E-state index contributed by atoms with van der Waals surface area (Å²) in [5.41, 5.74) is 9.98. The van der Waals surface area contributed by atoms with Crippen LogP contribution in [-0.4, -0.2) is 10.2 Å². The first-order valence-electron chi connectivity index (χ1n) is 6.53. The Morgan fingerprint density at radius 3 is 2.53 bits per heavy atom. The minimum atomic E-state index is 0.0418. The lowest BCUT2D eigenvalue weighted by atomic mass is 10.0. The highest BCUT2D eigenvalue weighted by atomic mass is 32.2. The number of aryl methyl sites for hydroxylation is 2. The van der Waals surface area contributed by atoms with Crippen LogP contribution >= 0.6 is 23.1 Å². The summed E-state index contributed by atoms with van der Waals surface area (Å²) in [5, 5.41) is 2.40. The molecule has 0 spiro atoms. The van der Waals surface area contributed by atoms with Gasteiger partial charge in [-0.3, -0.25) is 0 Å². The van der Waals surface area contributed by atoms with Crippen molar-refractivity contribution in [2.24, 2.45) is 5.73 Å². The third-order valence-corrected chi connectivity index (χ3v) is 5.45. The highest BCUT2D eigenvalue weighted by molar-refractivity contribution is 8.01. The largest absolute Gasteiger partial charge is 0.323 e. The van der Waals surface area contributed by atoms with Crippen molar-refractivity contribution in [3.63, 3.8) is 0 Å². The van der Waals surface area contributed by atoms with Crippen molar-refractivity contribution >= 4 is 23.1 Å². The predicted octanol–water partition coefficient (Wildman–Crippen LogP) is 4.19. The number of nitrogens with zero attached hydrogens (tertiary/aromatic N) is 1. The molecule has 2 nitrogen and oxygen atoms in total. The highest BCUT2D eigenvalue weighted by Gasteiger charge is 2.17. The SMILES string of the molecule is CCc1ccc(C(N)C(C)Sc2nc(C)cs2)cc1. The third kappa shape index (κ3) is 3.81. The molecule has 0 aliphatic heterocycles. The van der Waals surface area contributed by atoms with E-state index in [2.05, 4.69) is 48.5 Å². The summed E-state index contributed by atoms with van der Waals surface area (Å²) in [7, 11) is 0. The van der Waals surface area contributed by atoms with Gasteiger partial charge >= 0.3 is 0 Å². The van der Waals surface area contributed by atoms with Gasteiger partial charge in [0.15, 0.2) is 0 Å². The fourth-order valence-corrected chi connectivity index (χ4v) is 4.03. The van der Waals surface area contributed by atoms with E-state index in [-0.39, 0.29) is 6.04 Å². The molecular weight excluding hydrogens is 272 g/mol. The first-order valence-corrected chi connectivity index (χ1v) is 8.29. The van der Waals surface area contributed by atoms with Crippen LogP contribution in [0.4, 0.5) is 0 Å². The molecule has 0 amide bonds. The summed E-state index contributed by atoms with van der Waals surface area (Å²) >= 11 is 3.45. The lowest BCUT2D eigenvalue weighted by molar-refractivity contribution is 0.714. The number of hydrogen-bond donors (Lipinski definition) is 1. The molecule has 0 aliphatic rings. The lowest BCUT2D eigenvalue weighted by Gasteiger charge is -2.19. The molecular formula is C15H20N2S2. The Labute approximate surface area is 123 Å². The van der Waals surface area contributed by atoms with Gasteiger partial charge in [-0.05, 0) is 24.5 Å². The molecule has 1 heterocycles. The van der Waals surface area contributed by atoms with Crippen molar-refractivity contribution in [3.05, 3.63) is 46.5 Å². The molecule has 0 aliphatic carbocycles. The van der Waals surface area contributed by atoms with Gasteiger partial charge in [0.05, 0.1) is 0 Å². The van der Waals surface area contributed by atoms with Crippen molar-refractivity contribution in [1.29, 1.82) is 0 Å². The molecule has 2 aromatic rings. The van der Waals surface area contributed by atoms with Crippen LogP contribution in [-0.2, 0) is 6.42 Å². The van der Waals surface area contributed by atoms with Crippen LogP contribution in [0, 0.1) is 6.92 Å². The zero-order valence-corrected chi connectivity index (χ0v) is 13.2. The molecule has 0 saturated carbocycles. The molecule has 0 bridgehead atoms.